The topological polar surface area (TPSA) is 29.1 Å². The molecular weight excluding hydrogens is 310 g/mol. The molecule has 1 aromatic carbocycles. The summed E-state index contributed by atoms with van der Waals surface area (Å²) in [5.41, 5.74) is 0.809. The standard InChI is InChI=1S/C18H27NOS2/c1-14(2)22-17-11-7-6-10-16(17)18(20)19-12-13-21-15-8-4-3-5-9-15/h6-7,10-11,14-15H,3-5,8-9,12-13H2,1-2H3,(H,19,20). The number of rotatable bonds is 7. The van der Waals surface area contributed by atoms with Crippen molar-refractivity contribution in [2.24, 2.45) is 0 Å². The molecule has 0 spiro atoms. The molecule has 1 amide bonds. The first-order chi connectivity index (χ1) is 10.7. The minimum atomic E-state index is 0.0630. The summed E-state index contributed by atoms with van der Waals surface area (Å²) in [6, 6.07) is 7.90. The Bertz CT molecular complexity index is 470. The highest BCUT2D eigenvalue weighted by Crippen LogP contribution is 2.28. The Kier molecular flexibility index (Phi) is 7.67. The van der Waals surface area contributed by atoms with E-state index in [0.29, 0.717) is 5.25 Å². The molecule has 0 heterocycles. The normalized spacial score (nSPS) is 16.0. The van der Waals surface area contributed by atoms with Crippen LogP contribution in [0.4, 0.5) is 0 Å². The quantitative estimate of drug-likeness (QED) is 0.562. The van der Waals surface area contributed by atoms with E-state index in [1.165, 1.54) is 32.1 Å². The van der Waals surface area contributed by atoms with E-state index in [9.17, 15) is 4.79 Å². The zero-order valence-electron chi connectivity index (χ0n) is 13.6. The van der Waals surface area contributed by atoms with E-state index in [0.717, 1.165) is 28.0 Å². The van der Waals surface area contributed by atoms with Crippen LogP contribution in [0, 0.1) is 0 Å². The first-order valence-electron chi connectivity index (χ1n) is 8.32. The summed E-state index contributed by atoms with van der Waals surface area (Å²) in [6.07, 6.45) is 6.87. The summed E-state index contributed by atoms with van der Waals surface area (Å²) in [7, 11) is 0. The van der Waals surface area contributed by atoms with Crippen LogP contribution in [0.2, 0.25) is 0 Å². The fourth-order valence-electron chi connectivity index (χ4n) is 2.73. The molecule has 0 radical (unpaired) electrons. The maximum Gasteiger partial charge on any atom is 0.252 e. The SMILES string of the molecule is CC(C)Sc1ccccc1C(=O)NCCSC1CCCCC1. The van der Waals surface area contributed by atoms with Crippen LogP contribution in [-0.2, 0) is 0 Å². The number of amides is 1. The second-order valence-electron chi connectivity index (χ2n) is 6.05. The van der Waals surface area contributed by atoms with Crippen molar-refractivity contribution < 1.29 is 4.79 Å². The third kappa shape index (κ3) is 5.88. The van der Waals surface area contributed by atoms with E-state index >= 15 is 0 Å². The van der Waals surface area contributed by atoms with E-state index in [1.807, 2.05) is 36.0 Å². The summed E-state index contributed by atoms with van der Waals surface area (Å²) in [5.74, 6) is 1.09. The predicted molar refractivity (Wildman–Crippen MR) is 99.1 cm³/mol. The van der Waals surface area contributed by atoms with Crippen LogP contribution in [0.15, 0.2) is 29.2 Å². The van der Waals surface area contributed by atoms with Crippen molar-refractivity contribution in [1.29, 1.82) is 0 Å². The van der Waals surface area contributed by atoms with E-state index < -0.39 is 0 Å². The molecule has 0 saturated heterocycles. The minimum Gasteiger partial charge on any atom is -0.351 e. The van der Waals surface area contributed by atoms with Crippen molar-refractivity contribution in [3.05, 3.63) is 29.8 Å². The Morgan fingerprint density at radius 2 is 1.95 bits per heavy atom. The average molecular weight is 338 g/mol. The molecule has 1 aliphatic rings. The Morgan fingerprint density at radius 1 is 1.23 bits per heavy atom. The van der Waals surface area contributed by atoms with Crippen LogP contribution in [-0.4, -0.2) is 28.7 Å². The summed E-state index contributed by atoms with van der Waals surface area (Å²) in [6.45, 7) is 5.07. The maximum absolute atomic E-state index is 12.4. The van der Waals surface area contributed by atoms with Crippen molar-refractivity contribution in [1.82, 2.24) is 5.32 Å². The zero-order chi connectivity index (χ0) is 15.8. The van der Waals surface area contributed by atoms with Gasteiger partial charge in [-0.2, -0.15) is 11.8 Å². The molecule has 2 nitrogen and oxygen atoms in total. The van der Waals surface area contributed by atoms with Crippen molar-refractivity contribution in [3.8, 4) is 0 Å². The summed E-state index contributed by atoms with van der Waals surface area (Å²) in [5, 5.41) is 4.38. The molecule has 4 heteroatoms. The molecule has 1 saturated carbocycles. The lowest BCUT2D eigenvalue weighted by Gasteiger charge is -2.21. The molecular formula is C18H27NOS2. The fourth-order valence-corrected chi connectivity index (χ4v) is 4.90. The monoisotopic (exact) mass is 337 g/mol. The molecule has 1 N–H and O–H groups in total. The Hall–Kier alpha value is -0.610. The van der Waals surface area contributed by atoms with Gasteiger partial charge in [-0.1, -0.05) is 45.2 Å². The van der Waals surface area contributed by atoms with Crippen molar-refractivity contribution in [2.45, 2.75) is 61.3 Å². The van der Waals surface area contributed by atoms with Gasteiger partial charge < -0.3 is 5.32 Å². The lowest BCUT2D eigenvalue weighted by Crippen LogP contribution is -2.27. The van der Waals surface area contributed by atoms with E-state index in [4.69, 9.17) is 0 Å². The summed E-state index contributed by atoms with van der Waals surface area (Å²) < 4.78 is 0. The molecule has 1 aliphatic carbocycles. The fraction of sp³-hybridized carbons (Fsp3) is 0.611. The second-order valence-corrected chi connectivity index (χ2v) is 9.08. The van der Waals surface area contributed by atoms with Crippen LogP contribution >= 0.6 is 23.5 Å². The molecule has 22 heavy (non-hydrogen) atoms. The van der Waals surface area contributed by atoms with Gasteiger partial charge >= 0.3 is 0 Å². The summed E-state index contributed by atoms with van der Waals surface area (Å²) in [4.78, 5) is 13.4. The number of hydrogen-bond donors (Lipinski definition) is 1. The highest BCUT2D eigenvalue weighted by Gasteiger charge is 2.14. The summed E-state index contributed by atoms with van der Waals surface area (Å²) >= 11 is 3.78. The molecule has 0 aliphatic heterocycles. The van der Waals surface area contributed by atoms with Crippen LogP contribution in [0.25, 0.3) is 0 Å². The van der Waals surface area contributed by atoms with Gasteiger partial charge in [0.15, 0.2) is 0 Å². The zero-order valence-corrected chi connectivity index (χ0v) is 15.3. The highest BCUT2D eigenvalue weighted by molar-refractivity contribution is 8.00. The van der Waals surface area contributed by atoms with Crippen molar-refractivity contribution >= 4 is 29.4 Å². The van der Waals surface area contributed by atoms with Gasteiger partial charge in [-0.05, 0) is 25.0 Å². The van der Waals surface area contributed by atoms with Gasteiger partial charge in [-0.25, -0.2) is 0 Å². The Balaban J connectivity index is 1.77. The molecule has 0 unspecified atom stereocenters. The van der Waals surface area contributed by atoms with Crippen molar-refractivity contribution in [2.75, 3.05) is 12.3 Å². The predicted octanol–water partition coefficient (Wildman–Crippen LogP) is 4.98. The van der Waals surface area contributed by atoms with Gasteiger partial charge in [-0.15, -0.1) is 11.8 Å². The lowest BCUT2D eigenvalue weighted by molar-refractivity contribution is 0.0953. The smallest absolute Gasteiger partial charge is 0.252 e. The number of benzene rings is 1. The molecule has 0 bridgehead atoms. The first-order valence-corrected chi connectivity index (χ1v) is 10.2. The Morgan fingerprint density at radius 3 is 2.68 bits per heavy atom. The molecule has 0 atom stereocenters. The van der Waals surface area contributed by atoms with Gasteiger partial charge in [-0.3, -0.25) is 4.79 Å². The van der Waals surface area contributed by atoms with E-state index in [1.54, 1.807) is 11.8 Å². The largest absolute Gasteiger partial charge is 0.351 e. The molecule has 122 valence electrons. The van der Waals surface area contributed by atoms with E-state index in [-0.39, 0.29) is 5.91 Å². The number of nitrogens with one attached hydrogen (secondary N) is 1. The first kappa shape index (κ1) is 17.7. The Labute approximate surface area is 143 Å². The number of carbonyl (C=O) groups is 1. The van der Waals surface area contributed by atoms with Gasteiger partial charge in [0.2, 0.25) is 0 Å². The van der Waals surface area contributed by atoms with Gasteiger partial charge in [0.1, 0.15) is 0 Å². The third-order valence-corrected chi connectivity index (χ3v) is 6.25. The number of carbonyl (C=O) groups excluding carboxylic acids is 1. The van der Waals surface area contributed by atoms with Gasteiger partial charge in [0.05, 0.1) is 5.56 Å². The number of thioether (sulfide) groups is 2. The second kappa shape index (κ2) is 9.51. The van der Waals surface area contributed by atoms with Crippen LogP contribution in [0.5, 0.6) is 0 Å². The average Bonchev–Trinajstić information content (AvgIpc) is 2.52. The minimum absolute atomic E-state index is 0.0630. The molecule has 0 aromatic heterocycles. The van der Waals surface area contributed by atoms with Crippen molar-refractivity contribution in [3.63, 3.8) is 0 Å². The van der Waals surface area contributed by atoms with E-state index in [2.05, 4.69) is 19.2 Å². The third-order valence-electron chi connectivity index (χ3n) is 3.79. The molecule has 2 rings (SSSR count). The number of hydrogen-bond acceptors (Lipinski definition) is 3. The van der Waals surface area contributed by atoms with Gasteiger partial charge in [0, 0.05) is 27.7 Å². The lowest BCUT2D eigenvalue weighted by atomic mass is 10.0. The van der Waals surface area contributed by atoms with Crippen LogP contribution in [0.1, 0.15) is 56.3 Å². The van der Waals surface area contributed by atoms with Crippen LogP contribution in [0.3, 0.4) is 0 Å². The van der Waals surface area contributed by atoms with Gasteiger partial charge in [0.25, 0.3) is 5.91 Å². The van der Waals surface area contributed by atoms with Crippen LogP contribution < -0.4 is 5.32 Å². The molecule has 1 fully saturated rings. The highest BCUT2D eigenvalue weighted by atomic mass is 32.2. The maximum atomic E-state index is 12.4. The molecule has 1 aromatic rings.